The van der Waals surface area contributed by atoms with E-state index in [1.54, 1.807) is 4.90 Å². The fraction of sp³-hybridized carbons (Fsp3) is 0.429. The molecule has 1 saturated carbocycles. The number of aromatic nitrogens is 6. The molecule has 13 heteroatoms. The lowest BCUT2D eigenvalue weighted by atomic mass is 10.0. The second-order valence-electron chi connectivity index (χ2n) is 8.30. The fourth-order valence-corrected chi connectivity index (χ4v) is 4.17. The molecule has 9 nitrogen and oxygen atoms in total. The largest absolute Gasteiger partial charge is 0.417 e. The molecule has 1 amide bonds. The summed E-state index contributed by atoms with van der Waals surface area (Å²) in [6.45, 7) is 0.746. The molecule has 0 aromatic carbocycles. The van der Waals surface area contributed by atoms with Crippen LogP contribution in [0.5, 0.6) is 0 Å². The van der Waals surface area contributed by atoms with Crippen LogP contribution in [-0.2, 0) is 6.18 Å². The summed E-state index contributed by atoms with van der Waals surface area (Å²) < 4.78 is 54.1. The Morgan fingerprint density at radius 1 is 1.00 bits per heavy atom. The van der Waals surface area contributed by atoms with Crippen LogP contribution in [0.15, 0.2) is 37.3 Å². The molecule has 0 N–H and O–H groups in total. The topological polar surface area (TPSA) is 92.9 Å². The van der Waals surface area contributed by atoms with Crippen LogP contribution in [0.1, 0.15) is 41.6 Å². The van der Waals surface area contributed by atoms with Crippen LogP contribution < -0.4 is 4.90 Å². The van der Waals surface area contributed by atoms with Crippen molar-refractivity contribution >= 4 is 11.7 Å². The van der Waals surface area contributed by atoms with E-state index in [0.717, 1.165) is 12.8 Å². The summed E-state index contributed by atoms with van der Waals surface area (Å²) in [4.78, 5) is 32.7. The van der Waals surface area contributed by atoms with Crippen LogP contribution in [0.25, 0.3) is 5.95 Å². The monoisotopic (exact) mass is 476 g/mol. The number of hydrogen-bond acceptors (Lipinski definition) is 7. The van der Waals surface area contributed by atoms with Gasteiger partial charge in [-0.15, -0.1) is 0 Å². The van der Waals surface area contributed by atoms with Crippen molar-refractivity contribution in [1.82, 2.24) is 34.6 Å². The van der Waals surface area contributed by atoms with Crippen molar-refractivity contribution in [2.24, 2.45) is 0 Å². The molecule has 3 aromatic heterocycles. The van der Waals surface area contributed by atoms with Crippen molar-refractivity contribution in [1.29, 1.82) is 0 Å². The van der Waals surface area contributed by atoms with E-state index in [1.165, 1.54) is 29.7 Å². The van der Waals surface area contributed by atoms with Crippen LogP contribution >= 0.6 is 0 Å². The summed E-state index contributed by atoms with van der Waals surface area (Å²) in [5.41, 5.74) is -0.764. The number of halogens is 4. The Kier molecular flexibility index (Phi) is 5.62. The van der Waals surface area contributed by atoms with Crippen molar-refractivity contribution in [2.75, 3.05) is 18.0 Å². The third-order valence-electron chi connectivity index (χ3n) is 5.99. The zero-order valence-electron chi connectivity index (χ0n) is 17.9. The molecule has 178 valence electrons. The highest BCUT2D eigenvalue weighted by atomic mass is 19.4. The maximum Gasteiger partial charge on any atom is 0.417 e. The zero-order valence-corrected chi connectivity index (χ0v) is 17.9. The van der Waals surface area contributed by atoms with E-state index in [0.29, 0.717) is 49.7 Å². The van der Waals surface area contributed by atoms with Gasteiger partial charge in [-0.05, 0) is 31.7 Å². The Labute approximate surface area is 191 Å². The second kappa shape index (κ2) is 8.61. The molecule has 5 rings (SSSR count). The Morgan fingerprint density at radius 2 is 1.68 bits per heavy atom. The number of nitrogens with zero attached hydrogens (tertiary/aromatic N) is 8. The minimum atomic E-state index is -4.65. The molecule has 2 fully saturated rings. The van der Waals surface area contributed by atoms with E-state index < -0.39 is 17.6 Å². The molecule has 34 heavy (non-hydrogen) atoms. The minimum absolute atomic E-state index is 0.0799. The molecule has 0 spiro atoms. The standard InChI is InChI=1S/C21H20F4N8O/c22-17-7-14(21(23,24)25)10-27-18(17)31-5-3-16(4-6-31)33(15-1-2-15)19(34)13-8-28-20(29-9-13)32-12-26-11-30-32/h7-12,15-16H,1-6H2. The van der Waals surface area contributed by atoms with Gasteiger partial charge in [0.2, 0.25) is 0 Å². The Morgan fingerprint density at radius 3 is 2.24 bits per heavy atom. The number of carbonyl (C=O) groups is 1. The lowest BCUT2D eigenvalue weighted by Crippen LogP contribution is -2.49. The minimum Gasteiger partial charge on any atom is -0.354 e. The number of rotatable bonds is 5. The summed E-state index contributed by atoms with van der Waals surface area (Å²) in [6.07, 6.45) is 4.61. The normalized spacial score (nSPS) is 17.1. The van der Waals surface area contributed by atoms with Gasteiger partial charge in [-0.2, -0.15) is 23.0 Å². The SMILES string of the molecule is O=C(c1cnc(-n2cncn2)nc1)N(C1CC1)C1CCN(c2ncc(C(F)(F)F)cc2F)CC1. The van der Waals surface area contributed by atoms with Crippen LogP contribution in [0.4, 0.5) is 23.4 Å². The smallest absolute Gasteiger partial charge is 0.354 e. The molecule has 1 aliphatic carbocycles. The first kappa shape index (κ1) is 22.2. The highest BCUT2D eigenvalue weighted by Gasteiger charge is 2.40. The molecular weight excluding hydrogens is 456 g/mol. The van der Waals surface area contributed by atoms with Crippen LogP contribution in [0.2, 0.25) is 0 Å². The highest BCUT2D eigenvalue weighted by molar-refractivity contribution is 5.94. The first-order valence-corrected chi connectivity index (χ1v) is 10.8. The molecule has 0 unspecified atom stereocenters. The molecule has 3 aromatic rings. The number of piperidine rings is 1. The van der Waals surface area contributed by atoms with Crippen molar-refractivity contribution in [2.45, 2.75) is 43.9 Å². The zero-order chi connectivity index (χ0) is 23.9. The van der Waals surface area contributed by atoms with Crippen LogP contribution in [-0.4, -0.2) is 65.7 Å². The van der Waals surface area contributed by atoms with Crippen molar-refractivity contribution in [3.05, 3.63) is 54.3 Å². The molecule has 4 heterocycles. The van der Waals surface area contributed by atoms with Gasteiger partial charge in [-0.25, -0.2) is 24.3 Å². The van der Waals surface area contributed by atoms with E-state index in [2.05, 4.69) is 25.0 Å². The Bertz CT molecular complexity index is 1160. The average molecular weight is 476 g/mol. The number of alkyl halides is 3. The molecule has 0 atom stereocenters. The van der Waals surface area contributed by atoms with Crippen molar-refractivity contribution < 1.29 is 22.4 Å². The first-order valence-electron chi connectivity index (χ1n) is 10.8. The lowest BCUT2D eigenvalue weighted by molar-refractivity contribution is -0.138. The average Bonchev–Trinajstić information content (AvgIpc) is 3.50. The molecular formula is C21H20F4N8O. The highest BCUT2D eigenvalue weighted by Crippen LogP contribution is 2.35. The first-order chi connectivity index (χ1) is 16.3. The number of anilines is 1. The summed E-state index contributed by atoms with van der Waals surface area (Å²) in [7, 11) is 0. The summed E-state index contributed by atoms with van der Waals surface area (Å²) >= 11 is 0. The van der Waals surface area contributed by atoms with Gasteiger partial charge in [0.1, 0.15) is 12.7 Å². The maximum absolute atomic E-state index is 14.4. The Balaban J connectivity index is 1.27. The quantitative estimate of drug-likeness (QED) is 0.523. The van der Waals surface area contributed by atoms with E-state index in [-0.39, 0.29) is 23.8 Å². The third-order valence-corrected chi connectivity index (χ3v) is 5.99. The Hall–Kier alpha value is -3.64. The maximum atomic E-state index is 14.4. The van der Waals surface area contributed by atoms with E-state index in [9.17, 15) is 22.4 Å². The van der Waals surface area contributed by atoms with Gasteiger partial charge in [0.25, 0.3) is 11.9 Å². The van der Waals surface area contributed by atoms with Gasteiger partial charge in [0, 0.05) is 43.8 Å². The molecule has 0 radical (unpaired) electrons. The fourth-order valence-electron chi connectivity index (χ4n) is 4.17. The van der Waals surface area contributed by atoms with E-state index >= 15 is 0 Å². The second-order valence-corrected chi connectivity index (χ2v) is 8.30. The lowest BCUT2D eigenvalue weighted by Gasteiger charge is -2.39. The summed E-state index contributed by atoms with van der Waals surface area (Å²) in [5, 5.41) is 3.96. The van der Waals surface area contributed by atoms with Gasteiger partial charge in [-0.1, -0.05) is 0 Å². The molecule has 0 bridgehead atoms. The van der Waals surface area contributed by atoms with E-state index in [4.69, 9.17) is 0 Å². The van der Waals surface area contributed by atoms with Crippen molar-refractivity contribution in [3.63, 3.8) is 0 Å². The number of carbonyl (C=O) groups excluding carboxylic acids is 1. The van der Waals surface area contributed by atoms with Gasteiger partial charge in [0.05, 0.1) is 11.1 Å². The molecule has 1 saturated heterocycles. The third kappa shape index (κ3) is 4.41. The van der Waals surface area contributed by atoms with Crippen LogP contribution in [0, 0.1) is 5.82 Å². The van der Waals surface area contributed by atoms with Gasteiger partial charge < -0.3 is 9.80 Å². The summed E-state index contributed by atoms with van der Waals surface area (Å²) in [5.74, 6) is -0.989. The molecule has 1 aliphatic heterocycles. The van der Waals surface area contributed by atoms with Crippen molar-refractivity contribution in [3.8, 4) is 5.95 Å². The van der Waals surface area contributed by atoms with Gasteiger partial charge in [0.15, 0.2) is 11.6 Å². The number of pyridine rings is 1. The number of hydrogen-bond donors (Lipinski definition) is 0. The predicted molar refractivity (Wildman–Crippen MR) is 111 cm³/mol. The van der Waals surface area contributed by atoms with Gasteiger partial charge >= 0.3 is 6.18 Å². The van der Waals surface area contributed by atoms with Crippen LogP contribution in [0.3, 0.4) is 0 Å². The number of amides is 1. The summed E-state index contributed by atoms with van der Waals surface area (Å²) in [6, 6.07) is 0.515. The predicted octanol–water partition coefficient (Wildman–Crippen LogP) is 2.88. The van der Waals surface area contributed by atoms with E-state index in [1.807, 2.05) is 4.90 Å². The van der Waals surface area contributed by atoms with Gasteiger partial charge in [-0.3, -0.25) is 4.79 Å². The molecule has 2 aliphatic rings.